The van der Waals surface area contributed by atoms with Gasteiger partial charge >= 0.3 is 0 Å². The quantitative estimate of drug-likeness (QED) is 0.462. The molecule has 0 saturated carbocycles. The molecule has 0 N–H and O–H groups in total. The van der Waals surface area contributed by atoms with Crippen molar-refractivity contribution in [3.63, 3.8) is 0 Å². The zero-order valence-electron chi connectivity index (χ0n) is 19.3. The van der Waals surface area contributed by atoms with Crippen LogP contribution in [0.4, 0.5) is 11.4 Å². The van der Waals surface area contributed by atoms with E-state index in [0.29, 0.717) is 11.1 Å². The average molecular weight is 420 g/mol. The van der Waals surface area contributed by atoms with Gasteiger partial charge in [-0.2, -0.15) is 10.5 Å². The molecule has 0 aliphatic rings. The van der Waals surface area contributed by atoms with Crippen molar-refractivity contribution in [3.05, 3.63) is 87.2 Å². The van der Waals surface area contributed by atoms with Gasteiger partial charge in [-0.15, -0.1) is 0 Å². The number of benzene rings is 2. The number of aromatic nitrogens is 1. The van der Waals surface area contributed by atoms with Crippen molar-refractivity contribution in [1.82, 2.24) is 4.98 Å². The summed E-state index contributed by atoms with van der Waals surface area (Å²) < 4.78 is 0. The summed E-state index contributed by atoms with van der Waals surface area (Å²) in [6, 6.07) is 17.6. The van der Waals surface area contributed by atoms with Gasteiger partial charge in [-0.3, -0.25) is 9.98 Å². The topological polar surface area (TPSA) is 85.2 Å². The lowest BCUT2D eigenvalue weighted by atomic mass is 10.0. The lowest BCUT2D eigenvalue weighted by molar-refractivity contribution is 1.22. The first-order valence-corrected chi connectivity index (χ1v) is 10.3. The number of hydrogen-bond acceptors (Lipinski definition) is 5. The van der Waals surface area contributed by atoms with E-state index in [2.05, 4.69) is 12.1 Å². The third kappa shape index (κ3) is 4.79. The fraction of sp³-hybridized carbons (Fsp3) is 0.222. The monoisotopic (exact) mass is 419 g/mol. The summed E-state index contributed by atoms with van der Waals surface area (Å²) in [6.45, 7) is 11.7. The Bertz CT molecular complexity index is 1200. The standard InChI is InChI=1S/C27H25N5/c1-16-10-22(14-28)11-17(2)26(16)30-20(5)24-8-7-9-25(32-24)21(6)31-27-18(3)12-23(15-29)13-19(27)4/h7-13H,1-6H3. The van der Waals surface area contributed by atoms with E-state index in [-0.39, 0.29) is 0 Å². The Morgan fingerprint density at radius 2 is 1.03 bits per heavy atom. The Balaban J connectivity index is 1.99. The van der Waals surface area contributed by atoms with Gasteiger partial charge in [0.25, 0.3) is 0 Å². The maximum absolute atomic E-state index is 9.16. The molecule has 1 aromatic heterocycles. The minimum absolute atomic E-state index is 0.636. The van der Waals surface area contributed by atoms with Gasteiger partial charge in [0, 0.05) is 0 Å². The predicted molar refractivity (Wildman–Crippen MR) is 129 cm³/mol. The van der Waals surface area contributed by atoms with E-state index >= 15 is 0 Å². The number of hydrogen-bond donors (Lipinski definition) is 0. The summed E-state index contributed by atoms with van der Waals surface area (Å²) in [7, 11) is 0. The Labute approximate surface area is 189 Å². The van der Waals surface area contributed by atoms with Crippen LogP contribution in [0.1, 0.15) is 58.6 Å². The lowest BCUT2D eigenvalue weighted by Gasteiger charge is -2.10. The molecule has 0 aliphatic carbocycles. The molecule has 158 valence electrons. The number of nitrogens with zero attached hydrogens (tertiary/aromatic N) is 5. The molecular weight excluding hydrogens is 394 g/mol. The molecule has 5 heteroatoms. The molecule has 0 fully saturated rings. The third-order valence-corrected chi connectivity index (χ3v) is 5.29. The molecule has 0 radical (unpaired) electrons. The molecule has 3 rings (SSSR count). The van der Waals surface area contributed by atoms with E-state index in [0.717, 1.165) is 56.4 Å². The van der Waals surface area contributed by atoms with Crippen molar-refractivity contribution in [2.75, 3.05) is 0 Å². The summed E-state index contributed by atoms with van der Waals surface area (Å²) >= 11 is 0. The second kappa shape index (κ2) is 9.37. The van der Waals surface area contributed by atoms with Crippen molar-refractivity contribution in [2.24, 2.45) is 9.98 Å². The van der Waals surface area contributed by atoms with E-state index in [9.17, 15) is 0 Å². The Hall–Kier alpha value is -4.09. The maximum atomic E-state index is 9.16. The maximum Gasteiger partial charge on any atom is 0.0991 e. The molecule has 1 heterocycles. The molecular formula is C27H25N5. The fourth-order valence-corrected chi connectivity index (χ4v) is 3.68. The highest BCUT2D eigenvalue weighted by molar-refractivity contribution is 6.02. The number of nitriles is 2. The first-order chi connectivity index (χ1) is 15.2. The van der Waals surface area contributed by atoms with E-state index in [1.54, 1.807) is 0 Å². The van der Waals surface area contributed by atoms with E-state index in [4.69, 9.17) is 25.5 Å². The van der Waals surface area contributed by atoms with Crippen LogP contribution in [-0.4, -0.2) is 16.4 Å². The van der Waals surface area contributed by atoms with Crippen LogP contribution < -0.4 is 0 Å². The van der Waals surface area contributed by atoms with Gasteiger partial charge in [0.2, 0.25) is 0 Å². The van der Waals surface area contributed by atoms with Gasteiger partial charge in [-0.25, -0.2) is 4.98 Å². The van der Waals surface area contributed by atoms with E-state index in [1.807, 2.05) is 84.0 Å². The van der Waals surface area contributed by atoms with Crippen LogP contribution in [0.3, 0.4) is 0 Å². The summed E-state index contributed by atoms with van der Waals surface area (Å²) in [6.07, 6.45) is 0. The summed E-state index contributed by atoms with van der Waals surface area (Å²) in [5.41, 5.74) is 9.97. The zero-order valence-corrected chi connectivity index (χ0v) is 19.3. The number of aryl methyl sites for hydroxylation is 4. The van der Waals surface area contributed by atoms with Crippen molar-refractivity contribution in [2.45, 2.75) is 41.5 Å². The lowest BCUT2D eigenvalue weighted by Crippen LogP contribution is -2.05. The zero-order chi connectivity index (χ0) is 23.4. The largest absolute Gasteiger partial charge is 0.251 e. The predicted octanol–water partition coefficient (Wildman–Crippen LogP) is 6.34. The van der Waals surface area contributed by atoms with Crippen LogP contribution in [-0.2, 0) is 0 Å². The van der Waals surface area contributed by atoms with Gasteiger partial charge in [-0.05, 0) is 100 Å². The van der Waals surface area contributed by atoms with Crippen LogP contribution in [0.2, 0.25) is 0 Å². The average Bonchev–Trinajstić information content (AvgIpc) is 2.78. The second-order valence-corrected chi connectivity index (χ2v) is 7.94. The molecule has 0 saturated heterocycles. The van der Waals surface area contributed by atoms with Gasteiger partial charge in [0.05, 0.1) is 57.5 Å². The number of aliphatic imine (C=N–C) groups is 2. The van der Waals surface area contributed by atoms with Crippen molar-refractivity contribution in [3.8, 4) is 12.1 Å². The Morgan fingerprint density at radius 3 is 1.34 bits per heavy atom. The van der Waals surface area contributed by atoms with E-state index in [1.165, 1.54) is 0 Å². The molecule has 5 nitrogen and oxygen atoms in total. The van der Waals surface area contributed by atoms with Gasteiger partial charge in [0.15, 0.2) is 0 Å². The van der Waals surface area contributed by atoms with Gasteiger partial charge in [-0.1, -0.05) is 6.07 Å². The first-order valence-electron chi connectivity index (χ1n) is 10.3. The van der Waals surface area contributed by atoms with Crippen molar-refractivity contribution < 1.29 is 0 Å². The molecule has 0 bridgehead atoms. The SMILES string of the molecule is CC(=Nc1c(C)cc(C#N)cc1C)c1cccc(C(C)=Nc2c(C)cc(C#N)cc2C)n1. The highest BCUT2D eigenvalue weighted by atomic mass is 14.8. The molecule has 3 aromatic rings. The molecule has 0 atom stereocenters. The van der Waals surface area contributed by atoms with Crippen LogP contribution in [0.15, 0.2) is 52.4 Å². The van der Waals surface area contributed by atoms with Crippen LogP contribution in [0.5, 0.6) is 0 Å². The molecule has 2 aromatic carbocycles. The Kier molecular flexibility index (Phi) is 6.61. The minimum atomic E-state index is 0.636. The molecule has 0 aliphatic heterocycles. The summed E-state index contributed by atoms with van der Waals surface area (Å²) in [4.78, 5) is 14.4. The van der Waals surface area contributed by atoms with Crippen LogP contribution >= 0.6 is 0 Å². The summed E-state index contributed by atoms with van der Waals surface area (Å²) in [5.74, 6) is 0. The number of rotatable bonds is 4. The van der Waals surface area contributed by atoms with Crippen LogP contribution in [0.25, 0.3) is 0 Å². The summed E-state index contributed by atoms with van der Waals surface area (Å²) in [5, 5.41) is 18.3. The van der Waals surface area contributed by atoms with Gasteiger partial charge < -0.3 is 0 Å². The molecule has 0 amide bonds. The van der Waals surface area contributed by atoms with Crippen molar-refractivity contribution in [1.29, 1.82) is 10.5 Å². The smallest absolute Gasteiger partial charge is 0.0991 e. The highest BCUT2D eigenvalue weighted by Gasteiger charge is 2.10. The Morgan fingerprint density at radius 1 is 0.688 bits per heavy atom. The van der Waals surface area contributed by atoms with Crippen LogP contribution in [0, 0.1) is 50.4 Å². The third-order valence-electron chi connectivity index (χ3n) is 5.29. The van der Waals surface area contributed by atoms with Gasteiger partial charge in [0.1, 0.15) is 0 Å². The molecule has 0 unspecified atom stereocenters. The van der Waals surface area contributed by atoms with E-state index < -0.39 is 0 Å². The highest BCUT2D eigenvalue weighted by Crippen LogP contribution is 2.27. The normalized spacial score (nSPS) is 11.8. The first kappa shape index (κ1) is 22.6. The number of pyridine rings is 1. The van der Waals surface area contributed by atoms with Crippen molar-refractivity contribution >= 4 is 22.8 Å². The minimum Gasteiger partial charge on any atom is -0.251 e. The second-order valence-electron chi connectivity index (χ2n) is 7.94. The molecule has 32 heavy (non-hydrogen) atoms. The fourth-order valence-electron chi connectivity index (χ4n) is 3.68. The molecule has 0 spiro atoms.